The maximum atomic E-state index is 12.8. The molecule has 0 radical (unpaired) electrons. The molecular formula is C71H126O6. The minimum Gasteiger partial charge on any atom is -0.462 e. The first-order valence-electron chi connectivity index (χ1n) is 33.4. The Balaban J connectivity index is 4.11. The van der Waals surface area contributed by atoms with Crippen LogP contribution < -0.4 is 0 Å². The van der Waals surface area contributed by atoms with Crippen molar-refractivity contribution >= 4 is 17.9 Å². The fraction of sp³-hybridized carbons (Fsp3) is 0.789. The lowest BCUT2D eigenvalue weighted by molar-refractivity contribution is -0.166. The minimum atomic E-state index is -0.827. The summed E-state index contributed by atoms with van der Waals surface area (Å²) in [6.07, 6.45) is 85.5. The van der Waals surface area contributed by atoms with Gasteiger partial charge in [0.1, 0.15) is 13.2 Å². The summed E-state index contributed by atoms with van der Waals surface area (Å²) in [6.45, 7) is 6.47. The van der Waals surface area contributed by atoms with E-state index in [0.717, 1.165) is 70.6 Å². The van der Waals surface area contributed by atoms with E-state index >= 15 is 0 Å². The molecule has 77 heavy (non-hydrogen) atoms. The third-order valence-corrected chi connectivity index (χ3v) is 14.7. The highest BCUT2D eigenvalue weighted by atomic mass is 16.6. The Kier molecular flexibility index (Phi) is 62.7. The van der Waals surface area contributed by atoms with Crippen LogP contribution in [0.2, 0.25) is 0 Å². The van der Waals surface area contributed by atoms with Gasteiger partial charge in [-0.25, -0.2) is 0 Å². The molecule has 0 aliphatic rings. The Morgan fingerprint density at radius 2 is 0.545 bits per heavy atom. The van der Waals surface area contributed by atoms with Crippen LogP contribution in [0.15, 0.2) is 72.9 Å². The van der Waals surface area contributed by atoms with Gasteiger partial charge in [-0.15, -0.1) is 0 Å². The van der Waals surface area contributed by atoms with Gasteiger partial charge in [0.15, 0.2) is 6.10 Å². The van der Waals surface area contributed by atoms with E-state index in [-0.39, 0.29) is 31.6 Å². The summed E-state index contributed by atoms with van der Waals surface area (Å²) >= 11 is 0. The van der Waals surface area contributed by atoms with Crippen LogP contribution in [0.4, 0.5) is 0 Å². The summed E-state index contributed by atoms with van der Waals surface area (Å²) in [6, 6.07) is 0. The largest absolute Gasteiger partial charge is 0.462 e. The van der Waals surface area contributed by atoms with Crippen molar-refractivity contribution in [1.29, 1.82) is 0 Å². The molecule has 0 amide bonds. The van der Waals surface area contributed by atoms with Crippen molar-refractivity contribution in [1.82, 2.24) is 0 Å². The Hall–Kier alpha value is -3.15. The second kappa shape index (κ2) is 65.4. The van der Waals surface area contributed by atoms with Crippen LogP contribution >= 0.6 is 0 Å². The van der Waals surface area contributed by atoms with Crippen LogP contribution in [0.25, 0.3) is 0 Å². The number of rotatable bonds is 61. The molecule has 0 bridgehead atoms. The highest BCUT2D eigenvalue weighted by Gasteiger charge is 2.19. The second-order valence-corrected chi connectivity index (χ2v) is 22.4. The molecule has 6 heteroatoms. The van der Waals surface area contributed by atoms with Crippen LogP contribution in [0.3, 0.4) is 0 Å². The summed E-state index contributed by atoms with van der Waals surface area (Å²) < 4.78 is 16.8. The summed E-state index contributed by atoms with van der Waals surface area (Å²) in [5, 5.41) is 0. The van der Waals surface area contributed by atoms with Crippen LogP contribution in [0, 0.1) is 0 Å². The van der Waals surface area contributed by atoms with Crippen molar-refractivity contribution in [2.24, 2.45) is 0 Å². The first kappa shape index (κ1) is 73.8. The van der Waals surface area contributed by atoms with E-state index in [1.807, 2.05) is 6.08 Å². The van der Waals surface area contributed by atoms with E-state index in [1.165, 1.54) is 231 Å². The Morgan fingerprint density at radius 3 is 0.844 bits per heavy atom. The van der Waals surface area contributed by atoms with Gasteiger partial charge in [-0.1, -0.05) is 325 Å². The fourth-order valence-corrected chi connectivity index (χ4v) is 9.75. The lowest BCUT2D eigenvalue weighted by Gasteiger charge is -2.18. The quantitative estimate of drug-likeness (QED) is 0.0261. The van der Waals surface area contributed by atoms with E-state index in [0.29, 0.717) is 12.8 Å². The van der Waals surface area contributed by atoms with E-state index in [1.54, 1.807) is 6.08 Å². The molecule has 0 saturated carbocycles. The van der Waals surface area contributed by atoms with Crippen molar-refractivity contribution in [2.75, 3.05) is 13.2 Å². The second-order valence-electron chi connectivity index (χ2n) is 22.4. The zero-order valence-corrected chi connectivity index (χ0v) is 51.2. The summed E-state index contributed by atoms with van der Waals surface area (Å²) in [5.74, 6) is -1.03. The molecule has 0 rings (SSSR count). The summed E-state index contributed by atoms with van der Waals surface area (Å²) in [5.41, 5.74) is 0. The normalized spacial score (nSPS) is 12.5. The van der Waals surface area contributed by atoms with Gasteiger partial charge in [0.25, 0.3) is 0 Å². The van der Waals surface area contributed by atoms with Crippen molar-refractivity contribution in [2.45, 2.75) is 348 Å². The Bertz CT molecular complexity index is 1420. The molecule has 0 aliphatic carbocycles. The lowest BCUT2D eigenvalue weighted by Crippen LogP contribution is -2.30. The average molecular weight is 1080 g/mol. The molecule has 0 aromatic heterocycles. The standard InChI is InChI=1S/C71H126O6/c1-4-7-10-13-16-19-22-24-26-27-28-29-30-31-32-33-34-35-36-37-38-39-40-41-42-43-45-46-49-52-55-58-61-64-70(73)76-67-68(66-75-69(72)63-60-57-54-51-48-21-18-15-12-9-6-3)77-71(74)65-62-59-56-53-50-47-44-25-23-20-17-14-11-8-5-2/h8,11,17,20,25,27-28,44,50,53,59,62,68H,4-7,9-10,12-16,18-19,21-24,26,29-43,45-49,51-52,54-58,60-61,63-67H2,1-3H3/b11-8-,20-17-,28-27-,44-25-,53-50-,62-59-. The molecule has 1 unspecified atom stereocenters. The molecule has 0 aliphatic heterocycles. The van der Waals surface area contributed by atoms with Gasteiger partial charge in [0, 0.05) is 12.8 Å². The number of carbonyl (C=O) groups is 3. The van der Waals surface area contributed by atoms with Crippen molar-refractivity contribution in [3.05, 3.63) is 72.9 Å². The number of esters is 3. The Labute approximate surface area is 478 Å². The molecule has 0 aromatic rings. The maximum Gasteiger partial charge on any atom is 0.310 e. The van der Waals surface area contributed by atoms with Gasteiger partial charge in [-0.05, 0) is 70.6 Å². The third-order valence-electron chi connectivity index (χ3n) is 14.7. The fourth-order valence-electron chi connectivity index (χ4n) is 9.75. The van der Waals surface area contributed by atoms with Gasteiger partial charge in [0.05, 0.1) is 6.42 Å². The first-order valence-corrected chi connectivity index (χ1v) is 33.4. The van der Waals surface area contributed by atoms with Gasteiger partial charge >= 0.3 is 17.9 Å². The molecule has 0 aromatic carbocycles. The minimum absolute atomic E-state index is 0.101. The van der Waals surface area contributed by atoms with Crippen LogP contribution in [0.5, 0.6) is 0 Å². The monoisotopic (exact) mass is 1070 g/mol. The number of ether oxygens (including phenoxy) is 3. The highest BCUT2D eigenvalue weighted by Crippen LogP contribution is 2.18. The first-order chi connectivity index (χ1) is 38.0. The molecule has 6 nitrogen and oxygen atoms in total. The molecular weight excluding hydrogens is 949 g/mol. The predicted octanol–water partition coefficient (Wildman–Crippen LogP) is 22.9. The maximum absolute atomic E-state index is 12.8. The van der Waals surface area contributed by atoms with E-state index in [4.69, 9.17) is 14.2 Å². The van der Waals surface area contributed by atoms with Crippen LogP contribution in [-0.2, 0) is 28.6 Å². The topological polar surface area (TPSA) is 78.9 Å². The van der Waals surface area contributed by atoms with Gasteiger partial charge < -0.3 is 14.2 Å². The zero-order chi connectivity index (χ0) is 55.7. The third kappa shape index (κ3) is 63.6. The van der Waals surface area contributed by atoms with Gasteiger partial charge in [-0.3, -0.25) is 14.4 Å². The van der Waals surface area contributed by atoms with E-state index in [2.05, 4.69) is 81.5 Å². The molecule has 0 N–H and O–H groups in total. The highest BCUT2D eigenvalue weighted by molar-refractivity contribution is 5.72. The number of allylic oxidation sites excluding steroid dienone is 11. The Morgan fingerprint density at radius 1 is 0.286 bits per heavy atom. The zero-order valence-electron chi connectivity index (χ0n) is 51.2. The van der Waals surface area contributed by atoms with E-state index in [9.17, 15) is 14.4 Å². The molecule has 0 fully saturated rings. The predicted molar refractivity (Wildman–Crippen MR) is 335 cm³/mol. The summed E-state index contributed by atoms with van der Waals surface area (Å²) in [7, 11) is 0. The van der Waals surface area contributed by atoms with Gasteiger partial charge in [-0.2, -0.15) is 0 Å². The molecule has 0 heterocycles. The number of unbranched alkanes of at least 4 members (excludes halogenated alkanes) is 39. The van der Waals surface area contributed by atoms with Crippen molar-refractivity contribution in [3.63, 3.8) is 0 Å². The smallest absolute Gasteiger partial charge is 0.310 e. The van der Waals surface area contributed by atoms with Gasteiger partial charge in [0.2, 0.25) is 0 Å². The molecule has 0 saturated heterocycles. The molecule has 0 spiro atoms. The van der Waals surface area contributed by atoms with E-state index < -0.39 is 12.1 Å². The molecule has 1 atom stereocenters. The van der Waals surface area contributed by atoms with Crippen molar-refractivity contribution in [3.8, 4) is 0 Å². The number of hydrogen-bond acceptors (Lipinski definition) is 6. The van der Waals surface area contributed by atoms with Crippen molar-refractivity contribution < 1.29 is 28.6 Å². The average Bonchev–Trinajstić information content (AvgIpc) is 3.43. The lowest BCUT2D eigenvalue weighted by atomic mass is 10.0. The van der Waals surface area contributed by atoms with Crippen LogP contribution in [0.1, 0.15) is 342 Å². The SMILES string of the molecule is CC/C=C\C/C=C\C/C=C\C/C=C\C/C=C\CC(=O)OC(COC(=O)CCCCCCCCCCCCC)COC(=O)CCCCCCCCCCCCCCCCCCCCCCC/C=C\CCCCCCCCCC. The molecule has 446 valence electrons. The summed E-state index contributed by atoms with van der Waals surface area (Å²) in [4.78, 5) is 38.1. The number of hydrogen-bond donors (Lipinski definition) is 0. The number of carbonyl (C=O) groups excluding carboxylic acids is 3. The van der Waals surface area contributed by atoms with Crippen LogP contribution in [-0.4, -0.2) is 37.2 Å².